The van der Waals surface area contributed by atoms with Crippen molar-refractivity contribution >= 4 is 51.0 Å². The lowest BCUT2D eigenvalue weighted by Gasteiger charge is -2.06. The molecule has 0 aliphatic rings. The number of benzene rings is 1. The Labute approximate surface area is 141 Å². The Kier molecular flexibility index (Phi) is 4.54. The van der Waals surface area contributed by atoms with Gasteiger partial charge in [0.05, 0.1) is 31.4 Å². The number of halogens is 1. The molecule has 0 radical (unpaired) electrons. The molecular weight excluding hydrogens is 414 g/mol. The number of rotatable bonds is 4. The molecule has 0 saturated heterocycles. The number of nitrogens with zero attached hydrogens (tertiary/aromatic N) is 3. The van der Waals surface area contributed by atoms with Crippen molar-refractivity contribution in [1.82, 2.24) is 14.5 Å². The lowest BCUT2D eigenvalue weighted by Crippen LogP contribution is -2.12. The van der Waals surface area contributed by atoms with Crippen LogP contribution >= 0.6 is 28.4 Å². The molecule has 0 aliphatic heterocycles. The summed E-state index contributed by atoms with van der Waals surface area (Å²) >= 11 is 2.27. The lowest BCUT2D eigenvalue weighted by atomic mass is 10.1. The van der Waals surface area contributed by atoms with Gasteiger partial charge in [-0.3, -0.25) is 4.79 Å². The molecule has 1 amide bonds. The number of hydrogen-bond acceptors (Lipinski definition) is 4. The van der Waals surface area contributed by atoms with Crippen LogP contribution in [-0.2, 0) is 0 Å². The first kappa shape index (κ1) is 15.2. The zero-order chi connectivity index (χ0) is 15.5. The average molecular weight is 426 g/mol. The van der Waals surface area contributed by atoms with Crippen LogP contribution in [0.1, 0.15) is 10.4 Å². The maximum absolute atomic E-state index is 12.3. The van der Waals surface area contributed by atoms with Crippen molar-refractivity contribution in [3.63, 3.8) is 0 Å². The smallest absolute Gasteiger partial charge is 0.256 e. The van der Waals surface area contributed by atoms with Gasteiger partial charge in [0.25, 0.3) is 5.91 Å². The van der Waals surface area contributed by atoms with Gasteiger partial charge in [-0.1, -0.05) is 0 Å². The predicted octanol–water partition coefficient (Wildman–Crippen LogP) is 3.48. The lowest BCUT2D eigenvalue weighted by molar-refractivity contribution is 0.102. The second-order valence-electron chi connectivity index (χ2n) is 4.45. The molecule has 1 unspecified atom stereocenters. The summed E-state index contributed by atoms with van der Waals surface area (Å²) in [5.41, 5.74) is 1.59. The molecule has 3 rings (SSSR count). The van der Waals surface area contributed by atoms with Crippen molar-refractivity contribution in [2.24, 2.45) is 0 Å². The van der Waals surface area contributed by atoms with Crippen molar-refractivity contribution in [3.8, 4) is 5.75 Å². The third kappa shape index (κ3) is 3.05. The highest BCUT2D eigenvalue weighted by Crippen LogP contribution is 2.28. The highest BCUT2D eigenvalue weighted by atomic mass is 127. The Bertz CT molecular complexity index is 819. The molecule has 2 heterocycles. The summed E-state index contributed by atoms with van der Waals surface area (Å²) in [5, 5.41) is 7.99. The second-order valence-corrected chi connectivity index (χ2v) is 6.49. The first-order valence-electron chi connectivity index (χ1n) is 6.37. The van der Waals surface area contributed by atoms with Gasteiger partial charge in [-0.2, -0.15) is 5.10 Å². The topological polar surface area (TPSA) is 69.0 Å². The van der Waals surface area contributed by atoms with E-state index in [1.807, 2.05) is 16.6 Å². The van der Waals surface area contributed by atoms with Gasteiger partial charge >= 0.3 is 0 Å². The molecule has 0 spiro atoms. The number of carbonyl (C=O) groups excluding carboxylic acids is 1. The second kappa shape index (κ2) is 6.58. The molecule has 1 N–H and O–H groups in total. The number of ether oxygens (including phenoxy) is 1. The Balaban J connectivity index is 1.82. The zero-order valence-electron chi connectivity index (χ0n) is 11.6. The maximum atomic E-state index is 12.3. The summed E-state index contributed by atoms with van der Waals surface area (Å²) in [6.07, 6.45) is 3.86. The van der Waals surface area contributed by atoms with Crippen LogP contribution in [0, 0.1) is 0 Å². The predicted molar refractivity (Wildman–Crippen MR) is 96.2 cm³/mol. The SMILES string of the molecule is COc1ccc(NC(=O)c2ccc3c(cnn3PI)c2)nc1. The third-order valence-electron chi connectivity index (χ3n) is 3.12. The fraction of sp³-hybridized carbons (Fsp3) is 0.0714. The minimum Gasteiger partial charge on any atom is -0.495 e. The van der Waals surface area contributed by atoms with Gasteiger partial charge in [0.1, 0.15) is 11.6 Å². The number of nitrogens with one attached hydrogen (secondary N) is 1. The van der Waals surface area contributed by atoms with Crippen LogP contribution in [0.4, 0.5) is 5.82 Å². The third-order valence-corrected chi connectivity index (χ3v) is 5.01. The van der Waals surface area contributed by atoms with Crippen molar-refractivity contribution in [2.45, 2.75) is 0 Å². The van der Waals surface area contributed by atoms with E-state index in [9.17, 15) is 4.79 Å². The number of fused-ring (bicyclic) bond motifs is 1. The molecule has 0 saturated carbocycles. The van der Waals surface area contributed by atoms with E-state index in [0.29, 0.717) is 23.5 Å². The number of pyridine rings is 1. The standard InChI is InChI=1S/C14H12IN4O2P/c1-21-11-3-5-13(16-8-11)18-14(20)9-2-4-12-10(6-9)7-17-19(12)22-15/h2-8,22H,1H3,(H,16,18,20). The van der Waals surface area contributed by atoms with Gasteiger partial charge in [-0.05, 0) is 52.4 Å². The van der Waals surface area contributed by atoms with E-state index < -0.39 is 0 Å². The van der Waals surface area contributed by atoms with Gasteiger partial charge in [-0.15, -0.1) is 0 Å². The fourth-order valence-electron chi connectivity index (χ4n) is 2.01. The summed E-state index contributed by atoms with van der Waals surface area (Å²) in [7, 11) is 1.57. The van der Waals surface area contributed by atoms with Gasteiger partial charge in [-0.25, -0.2) is 9.44 Å². The van der Waals surface area contributed by atoms with Crippen molar-refractivity contribution in [3.05, 3.63) is 48.3 Å². The molecule has 0 fully saturated rings. The summed E-state index contributed by atoms with van der Waals surface area (Å²) in [6, 6.07) is 8.97. The number of aromatic nitrogens is 3. The van der Waals surface area contributed by atoms with Crippen LogP contribution in [0.15, 0.2) is 42.7 Å². The Hall–Kier alpha value is -1.73. The minimum absolute atomic E-state index is 0.204. The molecule has 6 nitrogen and oxygen atoms in total. The van der Waals surface area contributed by atoms with E-state index in [2.05, 4.69) is 37.4 Å². The summed E-state index contributed by atoms with van der Waals surface area (Å²) in [4.78, 5) is 16.4. The first-order chi connectivity index (χ1) is 10.7. The van der Waals surface area contributed by atoms with Crippen LogP contribution in [-0.4, -0.2) is 27.6 Å². The number of carbonyl (C=O) groups is 1. The Morgan fingerprint density at radius 3 is 2.86 bits per heavy atom. The maximum Gasteiger partial charge on any atom is 0.256 e. The largest absolute Gasteiger partial charge is 0.495 e. The molecule has 112 valence electrons. The van der Waals surface area contributed by atoms with Crippen LogP contribution in [0.2, 0.25) is 0 Å². The Morgan fingerprint density at radius 2 is 2.18 bits per heavy atom. The van der Waals surface area contributed by atoms with Gasteiger partial charge in [0, 0.05) is 10.9 Å². The number of amides is 1. The quantitative estimate of drug-likeness (QED) is 0.513. The van der Waals surface area contributed by atoms with E-state index >= 15 is 0 Å². The van der Waals surface area contributed by atoms with Crippen LogP contribution in [0.3, 0.4) is 0 Å². The highest BCUT2D eigenvalue weighted by molar-refractivity contribution is 14.2. The normalized spacial score (nSPS) is 11.2. The van der Waals surface area contributed by atoms with Crippen LogP contribution < -0.4 is 10.1 Å². The number of methoxy groups -OCH3 is 1. The van der Waals surface area contributed by atoms with E-state index in [1.165, 1.54) is 0 Å². The molecule has 1 atom stereocenters. The average Bonchev–Trinajstić information content (AvgIpc) is 2.97. The summed E-state index contributed by atoms with van der Waals surface area (Å²) < 4.78 is 6.94. The molecule has 2 aromatic heterocycles. The minimum atomic E-state index is -0.204. The van der Waals surface area contributed by atoms with E-state index in [-0.39, 0.29) is 5.91 Å². The molecule has 0 aliphatic carbocycles. The zero-order valence-corrected chi connectivity index (χ0v) is 14.7. The number of hydrogen-bond donors (Lipinski definition) is 1. The van der Waals surface area contributed by atoms with Gasteiger partial charge < -0.3 is 10.1 Å². The highest BCUT2D eigenvalue weighted by Gasteiger charge is 2.10. The van der Waals surface area contributed by atoms with Crippen molar-refractivity contribution in [1.29, 1.82) is 0 Å². The molecule has 0 bridgehead atoms. The van der Waals surface area contributed by atoms with Crippen LogP contribution in [0.25, 0.3) is 10.9 Å². The van der Waals surface area contributed by atoms with E-state index in [0.717, 1.165) is 10.9 Å². The molecular formula is C14H12IN4O2P. The number of anilines is 1. The summed E-state index contributed by atoms with van der Waals surface area (Å²) in [5.74, 6) is 0.922. The Morgan fingerprint density at radius 1 is 1.32 bits per heavy atom. The molecule has 3 aromatic rings. The molecule has 1 aromatic carbocycles. The van der Waals surface area contributed by atoms with Crippen LogP contribution in [0.5, 0.6) is 5.75 Å². The van der Waals surface area contributed by atoms with Gasteiger partial charge in [0.15, 0.2) is 0 Å². The molecule has 8 heteroatoms. The summed E-state index contributed by atoms with van der Waals surface area (Å²) in [6.45, 7) is 0. The van der Waals surface area contributed by atoms with Gasteiger partial charge in [0.2, 0.25) is 0 Å². The molecule has 22 heavy (non-hydrogen) atoms. The van der Waals surface area contributed by atoms with Crippen molar-refractivity contribution in [2.75, 3.05) is 12.4 Å². The van der Waals surface area contributed by atoms with Crippen molar-refractivity contribution < 1.29 is 9.53 Å². The first-order valence-corrected chi connectivity index (χ1v) is 10.4. The van der Waals surface area contributed by atoms with E-state index in [4.69, 9.17) is 4.74 Å². The van der Waals surface area contributed by atoms with E-state index in [1.54, 1.807) is 37.7 Å². The fourth-order valence-corrected chi connectivity index (χ4v) is 3.55. The monoisotopic (exact) mass is 426 g/mol.